The van der Waals surface area contributed by atoms with E-state index in [2.05, 4.69) is 5.16 Å². The Kier molecular flexibility index (Phi) is 6.47. The molecule has 5 nitrogen and oxygen atoms in total. The molecule has 1 aromatic rings. The first-order valence-electron chi connectivity index (χ1n) is 7.61. The van der Waals surface area contributed by atoms with Crippen molar-refractivity contribution < 1.29 is 18.8 Å². The number of imide groups is 1. The largest absolute Gasteiger partial charge is 0.396 e. The fraction of sp³-hybridized carbons (Fsp3) is 0.353. The molecule has 1 heterocycles. The summed E-state index contributed by atoms with van der Waals surface area (Å²) in [6.07, 6.45) is 7.64. The number of rotatable bonds is 9. The Balaban J connectivity index is 1.49. The van der Waals surface area contributed by atoms with Crippen molar-refractivity contribution in [3.63, 3.8) is 0 Å². The molecule has 0 aliphatic carbocycles. The van der Waals surface area contributed by atoms with Crippen molar-refractivity contribution in [1.82, 2.24) is 4.90 Å². The van der Waals surface area contributed by atoms with Gasteiger partial charge in [0.05, 0.1) is 6.21 Å². The lowest BCUT2D eigenvalue weighted by molar-refractivity contribution is -0.136. The van der Waals surface area contributed by atoms with Gasteiger partial charge in [-0.2, -0.15) is 0 Å². The molecule has 1 aliphatic rings. The smallest absolute Gasteiger partial charge is 0.253 e. The molecule has 6 heteroatoms. The molecule has 0 bridgehead atoms. The van der Waals surface area contributed by atoms with Crippen LogP contribution >= 0.6 is 0 Å². The number of oxime groups is 1. The summed E-state index contributed by atoms with van der Waals surface area (Å²) < 4.78 is 12.7. The molecule has 0 saturated heterocycles. The van der Waals surface area contributed by atoms with E-state index in [4.69, 9.17) is 4.84 Å². The second-order valence-electron chi connectivity index (χ2n) is 5.19. The van der Waals surface area contributed by atoms with Crippen LogP contribution in [-0.2, 0) is 14.4 Å². The van der Waals surface area contributed by atoms with Crippen LogP contribution in [0, 0.1) is 5.82 Å². The van der Waals surface area contributed by atoms with E-state index in [-0.39, 0.29) is 17.6 Å². The molecule has 1 aromatic carbocycles. The van der Waals surface area contributed by atoms with Gasteiger partial charge in [0.25, 0.3) is 11.8 Å². The van der Waals surface area contributed by atoms with Crippen LogP contribution in [0.5, 0.6) is 0 Å². The number of hydrogen-bond donors (Lipinski definition) is 0. The zero-order valence-corrected chi connectivity index (χ0v) is 12.8. The Labute approximate surface area is 134 Å². The minimum absolute atomic E-state index is 0.228. The zero-order chi connectivity index (χ0) is 16.5. The van der Waals surface area contributed by atoms with Crippen LogP contribution in [0.3, 0.4) is 0 Å². The number of amides is 2. The number of halogens is 1. The Bertz CT molecular complexity index is 578. The van der Waals surface area contributed by atoms with Gasteiger partial charge in [0.1, 0.15) is 12.4 Å². The number of benzene rings is 1. The maximum atomic E-state index is 12.7. The average Bonchev–Trinajstić information content (AvgIpc) is 2.86. The van der Waals surface area contributed by atoms with E-state index in [1.54, 1.807) is 12.1 Å². The minimum Gasteiger partial charge on any atom is -0.396 e. The van der Waals surface area contributed by atoms with Crippen molar-refractivity contribution in [1.29, 1.82) is 0 Å². The van der Waals surface area contributed by atoms with Crippen LogP contribution in [0.25, 0.3) is 0 Å². The van der Waals surface area contributed by atoms with E-state index in [0.29, 0.717) is 13.2 Å². The Morgan fingerprint density at radius 1 is 1.00 bits per heavy atom. The predicted octanol–water partition coefficient (Wildman–Crippen LogP) is 2.66. The van der Waals surface area contributed by atoms with E-state index >= 15 is 0 Å². The van der Waals surface area contributed by atoms with E-state index in [1.165, 1.54) is 35.4 Å². The summed E-state index contributed by atoms with van der Waals surface area (Å²) >= 11 is 0. The lowest BCUT2D eigenvalue weighted by Crippen LogP contribution is -2.30. The summed E-state index contributed by atoms with van der Waals surface area (Å²) in [7, 11) is 0. The van der Waals surface area contributed by atoms with Crippen molar-refractivity contribution in [3.8, 4) is 0 Å². The molecule has 0 unspecified atom stereocenters. The Morgan fingerprint density at radius 3 is 2.35 bits per heavy atom. The van der Waals surface area contributed by atoms with Crippen LogP contribution in [0.15, 0.2) is 41.6 Å². The van der Waals surface area contributed by atoms with Crippen LogP contribution in [0.4, 0.5) is 4.39 Å². The average molecular weight is 317 g/mol. The maximum absolute atomic E-state index is 12.7. The van der Waals surface area contributed by atoms with Gasteiger partial charge in [-0.1, -0.05) is 23.7 Å². The predicted molar refractivity (Wildman–Crippen MR) is 84.3 cm³/mol. The van der Waals surface area contributed by atoms with Gasteiger partial charge in [-0.05, 0) is 37.0 Å². The molecule has 0 atom stereocenters. The molecule has 0 N–H and O–H groups in total. The minimum atomic E-state index is -0.281. The van der Waals surface area contributed by atoms with E-state index < -0.39 is 0 Å². The van der Waals surface area contributed by atoms with Gasteiger partial charge in [0.2, 0.25) is 0 Å². The van der Waals surface area contributed by atoms with Crippen molar-refractivity contribution >= 4 is 18.0 Å². The van der Waals surface area contributed by atoms with Gasteiger partial charge < -0.3 is 4.84 Å². The lowest BCUT2D eigenvalue weighted by atomic mass is 10.2. The first kappa shape index (κ1) is 16.9. The highest BCUT2D eigenvalue weighted by atomic mass is 18.2. The molecule has 23 heavy (non-hydrogen) atoms. The number of carbonyl (C=O) groups excluding carboxylic acids is 2. The topological polar surface area (TPSA) is 59.0 Å². The van der Waals surface area contributed by atoms with Gasteiger partial charge in [0, 0.05) is 18.7 Å². The number of nitrogens with zero attached hydrogens (tertiary/aromatic N) is 2. The summed E-state index contributed by atoms with van der Waals surface area (Å²) in [5, 5.41) is 3.82. The van der Waals surface area contributed by atoms with Crippen molar-refractivity contribution in [2.75, 3.05) is 13.2 Å². The molecule has 2 rings (SSSR count). The SMILES string of the molecule is O=C1C=CC(=O)N1CCCCCCO/N=C\c1ccc([18F])cc1. The summed E-state index contributed by atoms with van der Waals surface area (Å²) in [5.74, 6) is -0.738. The van der Waals surface area contributed by atoms with Crippen molar-refractivity contribution in [2.24, 2.45) is 5.16 Å². The number of carbonyl (C=O) groups is 2. The fourth-order valence-corrected chi connectivity index (χ4v) is 2.14. The fourth-order valence-electron chi connectivity index (χ4n) is 2.14. The first-order valence-corrected chi connectivity index (χ1v) is 7.61. The number of unbranched alkanes of at least 4 members (excludes halogenated alkanes) is 3. The lowest BCUT2D eigenvalue weighted by Gasteiger charge is -2.12. The molecule has 0 aromatic heterocycles. The van der Waals surface area contributed by atoms with Crippen molar-refractivity contribution in [2.45, 2.75) is 25.7 Å². The van der Waals surface area contributed by atoms with E-state index in [1.807, 2.05) is 0 Å². The molecule has 0 spiro atoms. The molecule has 0 radical (unpaired) electrons. The third-order valence-corrected chi connectivity index (χ3v) is 3.41. The monoisotopic (exact) mass is 317 g/mol. The highest BCUT2D eigenvalue weighted by Gasteiger charge is 2.21. The second-order valence-corrected chi connectivity index (χ2v) is 5.19. The zero-order valence-electron chi connectivity index (χ0n) is 12.8. The summed E-state index contributed by atoms with van der Waals surface area (Å²) in [4.78, 5) is 29.0. The van der Waals surface area contributed by atoms with E-state index in [0.717, 1.165) is 31.2 Å². The van der Waals surface area contributed by atoms with Crippen molar-refractivity contribution in [3.05, 3.63) is 47.8 Å². The molecule has 122 valence electrons. The van der Waals surface area contributed by atoms with Crippen LogP contribution in [-0.4, -0.2) is 36.1 Å². The Hall–Kier alpha value is -2.50. The summed E-state index contributed by atoms with van der Waals surface area (Å²) in [6, 6.07) is 5.98. The Morgan fingerprint density at radius 2 is 1.65 bits per heavy atom. The van der Waals surface area contributed by atoms with Gasteiger partial charge >= 0.3 is 0 Å². The molecule has 1 aliphatic heterocycles. The van der Waals surface area contributed by atoms with Gasteiger partial charge in [-0.15, -0.1) is 0 Å². The highest BCUT2D eigenvalue weighted by molar-refractivity contribution is 6.12. The second kappa shape index (κ2) is 8.82. The number of hydrogen-bond acceptors (Lipinski definition) is 4. The third kappa shape index (κ3) is 5.65. The maximum Gasteiger partial charge on any atom is 0.253 e. The first-order chi connectivity index (χ1) is 11.2. The van der Waals surface area contributed by atoms with Crippen LogP contribution < -0.4 is 0 Å². The third-order valence-electron chi connectivity index (χ3n) is 3.41. The van der Waals surface area contributed by atoms with Crippen LogP contribution in [0.1, 0.15) is 31.2 Å². The summed E-state index contributed by atoms with van der Waals surface area (Å²) in [6.45, 7) is 0.967. The van der Waals surface area contributed by atoms with Gasteiger partial charge in [-0.3, -0.25) is 14.5 Å². The van der Waals surface area contributed by atoms with Gasteiger partial charge in [-0.25, -0.2) is 4.39 Å². The molecular weight excluding hydrogens is 298 g/mol. The van der Waals surface area contributed by atoms with E-state index in [9.17, 15) is 14.0 Å². The quantitative estimate of drug-likeness (QED) is 0.304. The normalized spacial score (nSPS) is 14.2. The molecule has 2 amide bonds. The van der Waals surface area contributed by atoms with Gasteiger partial charge in [0.15, 0.2) is 0 Å². The highest BCUT2D eigenvalue weighted by Crippen LogP contribution is 2.07. The molecule has 0 fully saturated rings. The summed E-state index contributed by atoms with van der Waals surface area (Å²) in [5.41, 5.74) is 0.778. The molecular formula is C17H19FN2O3. The van der Waals surface area contributed by atoms with Crippen LogP contribution in [0.2, 0.25) is 0 Å². The molecule has 0 saturated carbocycles. The standard InChI is InChI=1S/C17H19FN2O3/c18-15-7-5-14(6-8-15)13-19-23-12-4-2-1-3-11-20-16(21)9-10-17(20)22/h5-10,13H,1-4,11-12H2/b19-13-/i18-1.